The highest BCUT2D eigenvalue weighted by Gasteiger charge is 2.16. The van der Waals surface area contributed by atoms with Gasteiger partial charge in [0.1, 0.15) is 29.6 Å². The Morgan fingerprint density at radius 3 is 2.20 bits per heavy atom. The smallest absolute Gasteiger partial charge is 0.343 e. The fourth-order valence-electron chi connectivity index (χ4n) is 4.21. The Bertz CT molecular complexity index is 1370. The SMILES string of the molecule is COCCOCOc1ccc(OC(=O)c2ccccc2)cc1Cc1cc(OCc2ccccc2)cc(C)c1OC. The number of aryl methyl sites for hydroxylation is 1. The molecule has 0 atom stereocenters. The molecule has 0 N–H and O–H groups in total. The Kier molecular flexibility index (Phi) is 10.6. The second kappa shape index (κ2) is 14.7. The average Bonchev–Trinajstić information content (AvgIpc) is 2.98. The van der Waals surface area contributed by atoms with Gasteiger partial charge < -0.3 is 28.4 Å². The molecule has 4 aromatic carbocycles. The van der Waals surface area contributed by atoms with Gasteiger partial charge in [-0.2, -0.15) is 0 Å². The predicted molar refractivity (Wildman–Crippen MR) is 152 cm³/mol. The number of benzene rings is 4. The normalized spacial score (nSPS) is 10.7. The number of hydrogen-bond donors (Lipinski definition) is 0. The van der Waals surface area contributed by atoms with Gasteiger partial charge in [0.2, 0.25) is 0 Å². The molecular formula is C33H34O7. The zero-order chi connectivity index (χ0) is 28.2. The summed E-state index contributed by atoms with van der Waals surface area (Å²) in [5.74, 6) is 2.05. The lowest BCUT2D eigenvalue weighted by atomic mass is 10.00. The van der Waals surface area contributed by atoms with Crippen LogP contribution in [0.2, 0.25) is 0 Å². The molecule has 0 radical (unpaired) electrons. The molecule has 4 rings (SSSR count). The molecule has 0 amide bonds. The maximum absolute atomic E-state index is 12.7. The number of hydrogen-bond acceptors (Lipinski definition) is 7. The first-order valence-electron chi connectivity index (χ1n) is 13.0. The lowest BCUT2D eigenvalue weighted by Gasteiger charge is -2.17. The molecule has 0 saturated carbocycles. The summed E-state index contributed by atoms with van der Waals surface area (Å²) in [7, 11) is 3.26. The molecule has 4 aromatic rings. The Hall–Kier alpha value is -4.33. The summed E-state index contributed by atoms with van der Waals surface area (Å²) in [6, 6.07) is 28.1. The van der Waals surface area contributed by atoms with Crippen molar-refractivity contribution >= 4 is 5.97 Å². The van der Waals surface area contributed by atoms with Crippen molar-refractivity contribution < 1.29 is 33.2 Å². The number of carbonyl (C=O) groups is 1. The maximum Gasteiger partial charge on any atom is 0.343 e. The number of ether oxygens (including phenoxy) is 6. The zero-order valence-corrected chi connectivity index (χ0v) is 23.1. The molecule has 0 heterocycles. The third kappa shape index (κ3) is 8.09. The lowest BCUT2D eigenvalue weighted by molar-refractivity contribution is -0.00885. The van der Waals surface area contributed by atoms with Crippen LogP contribution in [0, 0.1) is 6.92 Å². The minimum Gasteiger partial charge on any atom is -0.496 e. The van der Waals surface area contributed by atoms with Crippen LogP contribution in [-0.4, -0.2) is 40.2 Å². The highest BCUT2D eigenvalue weighted by Crippen LogP contribution is 2.34. The largest absolute Gasteiger partial charge is 0.496 e. The summed E-state index contributed by atoms with van der Waals surface area (Å²) in [6.07, 6.45) is 0.441. The van der Waals surface area contributed by atoms with Crippen LogP contribution < -0.4 is 18.9 Å². The third-order valence-electron chi connectivity index (χ3n) is 6.14. The van der Waals surface area contributed by atoms with E-state index in [0.717, 1.165) is 33.8 Å². The Morgan fingerprint density at radius 1 is 0.750 bits per heavy atom. The first-order valence-corrected chi connectivity index (χ1v) is 13.0. The number of carbonyl (C=O) groups excluding carboxylic acids is 1. The molecule has 0 fully saturated rings. The summed E-state index contributed by atoms with van der Waals surface area (Å²) < 4.78 is 34.1. The topological polar surface area (TPSA) is 72.5 Å². The van der Waals surface area contributed by atoms with Gasteiger partial charge in [-0.1, -0.05) is 48.5 Å². The van der Waals surface area contributed by atoms with Crippen molar-refractivity contribution in [1.29, 1.82) is 0 Å². The molecule has 0 aliphatic rings. The van der Waals surface area contributed by atoms with E-state index in [-0.39, 0.29) is 6.79 Å². The van der Waals surface area contributed by atoms with Gasteiger partial charge in [-0.05, 0) is 60.5 Å². The quantitative estimate of drug-likeness (QED) is 0.0791. The minimum atomic E-state index is -0.437. The van der Waals surface area contributed by atoms with Gasteiger partial charge >= 0.3 is 5.97 Å². The average molecular weight is 543 g/mol. The summed E-state index contributed by atoms with van der Waals surface area (Å²) in [6.45, 7) is 3.36. The maximum atomic E-state index is 12.7. The fourth-order valence-corrected chi connectivity index (χ4v) is 4.21. The number of rotatable bonds is 14. The van der Waals surface area contributed by atoms with Crippen molar-refractivity contribution in [3.05, 3.63) is 119 Å². The molecule has 0 aliphatic carbocycles. The van der Waals surface area contributed by atoms with Crippen molar-refractivity contribution in [1.82, 2.24) is 0 Å². The van der Waals surface area contributed by atoms with Gasteiger partial charge in [-0.15, -0.1) is 0 Å². The molecule has 0 spiro atoms. The predicted octanol–water partition coefficient (Wildman–Crippen LogP) is 6.39. The molecular weight excluding hydrogens is 508 g/mol. The van der Waals surface area contributed by atoms with Crippen molar-refractivity contribution in [3.8, 4) is 23.0 Å². The summed E-state index contributed by atoms with van der Waals surface area (Å²) in [5, 5.41) is 0. The summed E-state index contributed by atoms with van der Waals surface area (Å²) >= 11 is 0. The molecule has 7 heteroatoms. The molecule has 40 heavy (non-hydrogen) atoms. The minimum absolute atomic E-state index is 0.0515. The van der Waals surface area contributed by atoms with Gasteiger partial charge in [0, 0.05) is 24.7 Å². The third-order valence-corrected chi connectivity index (χ3v) is 6.14. The van der Waals surface area contributed by atoms with Crippen LogP contribution in [0.5, 0.6) is 23.0 Å². The van der Waals surface area contributed by atoms with E-state index >= 15 is 0 Å². The fraction of sp³-hybridized carbons (Fsp3) is 0.242. The Balaban J connectivity index is 1.59. The van der Waals surface area contributed by atoms with Gasteiger partial charge in [-0.25, -0.2) is 4.79 Å². The van der Waals surface area contributed by atoms with E-state index in [9.17, 15) is 4.79 Å². The first kappa shape index (κ1) is 28.7. The van der Waals surface area contributed by atoms with Crippen LogP contribution in [0.1, 0.15) is 32.6 Å². The second-order valence-electron chi connectivity index (χ2n) is 9.07. The van der Waals surface area contributed by atoms with Crippen LogP contribution in [0.3, 0.4) is 0 Å². The summed E-state index contributed by atoms with van der Waals surface area (Å²) in [4.78, 5) is 12.7. The molecule has 208 valence electrons. The van der Waals surface area contributed by atoms with Crippen molar-refractivity contribution in [2.24, 2.45) is 0 Å². The van der Waals surface area contributed by atoms with Crippen molar-refractivity contribution in [3.63, 3.8) is 0 Å². The molecule has 0 saturated heterocycles. The van der Waals surface area contributed by atoms with E-state index in [1.54, 1.807) is 56.7 Å². The number of methoxy groups -OCH3 is 2. The first-order chi connectivity index (χ1) is 19.6. The van der Waals surface area contributed by atoms with Crippen LogP contribution in [0.15, 0.2) is 91.0 Å². The zero-order valence-electron chi connectivity index (χ0n) is 23.1. The van der Waals surface area contributed by atoms with E-state index in [4.69, 9.17) is 28.4 Å². The Morgan fingerprint density at radius 2 is 1.48 bits per heavy atom. The van der Waals surface area contributed by atoms with Gasteiger partial charge in [0.15, 0.2) is 6.79 Å². The Labute approximate surface area is 235 Å². The van der Waals surface area contributed by atoms with E-state index in [1.807, 2.05) is 55.5 Å². The van der Waals surface area contributed by atoms with E-state index in [2.05, 4.69) is 0 Å². The highest BCUT2D eigenvalue weighted by molar-refractivity contribution is 5.91. The van der Waals surface area contributed by atoms with Crippen LogP contribution in [0.4, 0.5) is 0 Å². The highest BCUT2D eigenvalue weighted by atomic mass is 16.7. The van der Waals surface area contributed by atoms with E-state index in [0.29, 0.717) is 43.3 Å². The standard InChI is InChI=1S/C33H34O7/c1-24-18-30(38-22-25-10-6-4-7-11-25)21-28(32(24)36-3)19-27-20-29(40-33(34)26-12-8-5-9-13-26)14-15-31(27)39-23-37-17-16-35-2/h4-15,18,20-21H,16-17,19,22-23H2,1-3H3. The van der Waals surface area contributed by atoms with Crippen LogP contribution >= 0.6 is 0 Å². The van der Waals surface area contributed by atoms with E-state index in [1.165, 1.54) is 0 Å². The molecule has 0 unspecified atom stereocenters. The van der Waals surface area contributed by atoms with Crippen molar-refractivity contribution in [2.45, 2.75) is 20.0 Å². The van der Waals surface area contributed by atoms with E-state index < -0.39 is 5.97 Å². The monoisotopic (exact) mass is 542 g/mol. The number of esters is 1. The molecule has 7 nitrogen and oxygen atoms in total. The van der Waals surface area contributed by atoms with Crippen LogP contribution in [0.25, 0.3) is 0 Å². The van der Waals surface area contributed by atoms with Crippen LogP contribution in [-0.2, 0) is 22.5 Å². The molecule has 0 aromatic heterocycles. The van der Waals surface area contributed by atoms with Gasteiger partial charge in [-0.3, -0.25) is 0 Å². The van der Waals surface area contributed by atoms with Gasteiger partial charge in [0.25, 0.3) is 0 Å². The molecule has 0 bridgehead atoms. The lowest BCUT2D eigenvalue weighted by Crippen LogP contribution is -2.10. The summed E-state index contributed by atoms with van der Waals surface area (Å²) in [5.41, 5.74) is 4.19. The molecule has 0 aliphatic heterocycles. The van der Waals surface area contributed by atoms with Gasteiger partial charge in [0.05, 0.1) is 25.9 Å². The van der Waals surface area contributed by atoms with Crippen molar-refractivity contribution in [2.75, 3.05) is 34.2 Å². The second-order valence-corrected chi connectivity index (χ2v) is 9.07.